The number of benzene rings is 1. The lowest BCUT2D eigenvalue weighted by atomic mass is 10.2. The monoisotopic (exact) mass is 237 g/mol. The van der Waals surface area contributed by atoms with Crippen molar-refractivity contribution in [3.63, 3.8) is 0 Å². The molecule has 0 aliphatic carbocycles. The Morgan fingerprint density at radius 3 is 2.35 bits per heavy atom. The van der Waals surface area contributed by atoms with Crippen molar-refractivity contribution in [1.29, 1.82) is 0 Å². The maximum atomic E-state index is 9.06. The Bertz CT molecular complexity index is 305. The molecule has 1 atom stereocenters. The number of hydrogen-bond acceptors (Lipinski definition) is 3. The highest BCUT2D eigenvalue weighted by atomic mass is 16.5. The van der Waals surface area contributed by atoms with Crippen LogP contribution in [0.4, 0.5) is 0 Å². The Morgan fingerprint density at radius 1 is 1.24 bits per heavy atom. The van der Waals surface area contributed by atoms with Gasteiger partial charge < -0.3 is 15.2 Å². The van der Waals surface area contributed by atoms with Gasteiger partial charge in [0.2, 0.25) is 0 Å². The lowest BCUT2D eigenvalue weighted by molar-refractivity contribution is 0.237. The molecule has 0 spiro atoms. The van der Waals surface area contributed by atoms with Crippen LogP contribution in [0.2, 0.25) is 0 Å². The van der Waals surface area contributed by atoms with E-state index in [-0.39, 0.29) is 18.8 Å². The predicted molar refractivity (Wildman–Crippen MR) is 70.2 cm³/mol. The van der Waals surface area contributed by atoms with E-state index in [1.54, 1.807) is 0 Å². The van der Waals surface area contributed by atoms with Gasteiger partial charge in [-0.2, -0.15) is 0 Å². The van der Waals surface area contributed by atoms with Gasteiger partial charge in [0.05, 0.1) is 12.7 Å². The van der Waals surface area contributed by atoms with Crippen LogP contribution in [0, 0.1) is 0 Å². The highest BCUT2D eigenvalue weighted by Crippen LogP contribution is 2.13. The molecule has 1 aromatic rings. The zero-order valence-corrected chi connectivity index (χ0v) is 10.9. The maximum Gasteiger partial charge on any atom is 0.119 e. The van der Waals surface area contributed by atoms with Gasteiger partial charge in [0.1, 0.15) is 5.75 Å². The first-order valence-electron chi connectivity index (χ1n) is 6.25. The largest absolute Gasteiger partial charge is 0.491 e. The van der Waals surface area contributed by atoms with Gasteiger partial charge in [-0.3, -0.25) is 0 Å². The number of nitrogens with one attached hydrogen (secondary N) is 1. The van der Waals surface area contributed by atoms with Crippen LogP contribution >= 0.6 is 0 Å². The van der Waals surface area contributed by atoms with E-state index in [9.17, 15) is 0 Å². The van der Waals surface area contributed by atoms with Crippen LogP contribution < -0.4 is 10.1 Å². The van der Waals surface area contributed by atoms with Crippen molar-refractivity contribution < 1.29 is 9.84 Å². The minimum atomic E-state index is 0.182. The molecular weight excluding hydrogens is 214 g/mol. The van der Waals surface area contributed by atoms with Gasteiger partial charge >= 0.3 is 0 Å². The molecule has 0 heterocycles. The average molecular weight is 237 g/mol. The molecule has 0 aromatic heterocycles. The summed E-state index contributed by atoms with van der Waals surface area (Å²) in [5.74, 6) is 0.901. The third kappa shape index (κ3) is 5.20. The summed E-state index contributed by atoms with van der Waals surface area (Å²) in [7, 11) is 0. The van der Waals surface area contributed by atoms with Crippen molar-refractivity contribution in [2.75, 3.05) is 6.61 Å². The number of aliphatic hydroxyl groups excluding tert-OH is 1. The fourth-order valence-corrected chi connectivity index (χ4v) is 1.56. The average Bonchev–Trinajstić information content (AvgIpc) is 2.32. The molecule has 96 valence electrons. The van der Waals surface area contributed by atoms with E-state index in [4.69, 9.17) is 9.84 Å². The van der Waals surface area contributed by atoms with Gasteiger partial charge in [-0.05, 0) is 38.0 Å². The van der Waals surface area contributed by atoms with Gasteiger partial charge in [-0.25, -0.2) is 0 Å². The zero-order valence-electron chi connectivity index (χ0n) is 10.9. The molecule has 0 unspecified atom stereocenters. The predicted octanol–water partition coefficient (Wildman–Crippen LogP) is 2.33. The van der Waals surface area contributed by atoms with Crippen molar-refractivity contribution >= 4 is 0 Å². The smallest absolute Gasteiger partial charge is 0.119 e. The number of hydrogen-bond donors (Lipinski definition) is 2. The van der Waals surface area contributed by atoms with E-state index in [2.05, 4.69) is 24.4 Å². The van der Waals surface area contributed by atoms with E-state index in [0.717, 1.165) is 18.7 Å². The third-order valence-corrected chi connectivity index (χ3v) is 2.60. The van der Waals surface area contributed by atoms with Crippen molar-refractivity contribution in [2.24, 2.45) is 0 Å². The molecule has 0 aliphatic rings. The Morgan fingerprint density at radius 2 is 1.88 bits per heavy atom. The third-order valence-electron chi connectivity index (χ3n) is 2.60. The lowest BCUT2D eigenvalue weighted by Crippen LogP contribution is -2.31. The fourth-order valence-electron chi connectivity index (χ4n) is 1.56. The molecule has 0 bridgehead atoms. The summed E-state index contributed by atoms with van der Waals surface area (Å²) in [6.07, 6.45) is 1.14. The van der Waals surface area contributed by atoms with E-state index in [1.165, 1.54) is 5.56 Å². The van der Waals surface area contributed by atoms with Gasteiger partial charge in [-0.15, -0.1) is 0 Å². The topological polar surface area (TPSA) is 41.5 Å². The highest BCUT2D eigenvalue weighted by Gasteiger charge is 2.03. The van der Waals surface area contributed by atoms with Crippen LogP contribution in [0.3, 0.4) is 0 Å². The molecule has 0 radical (unpaired) electrons. The van der Waals surface area contributed by atoms with Crippen molar-refractivity contribution in [1.82, 2.24) is 5.32 Å². The van der Waals surface area contributed by atoms with Gasteiger partial charge in [0.25, 0.3) is 0 Å². The molecule has 2 N–H and O–H groups in total. The SMILES string of the molecule is CC[C@H](CO)NCc1ccc(OC(C)C)cc1. The summed E-state index contributed by atoms with van der Waals surface area (Å²) < 4.78 is 5.58. The molecule has 0 saturated carbocycles. The minimum absolute atomic E-state index is 0.182. The van der Waals surface area contributed by atoms with Crippen LogP contribution in [0.15, 0.2) is 24.3 Å². The van der Waals surface area contributed by atoms with Gasteiger partial charge in [0.15, 0.2) is 0 Å². The molecule has 17 heavy (non-hydrogen) atoms. The quantitative estimate of drug-likeness (QED) is 0.765. The van der Waals surface area contributed by atoms with Crippen molar-refractivity contribution in [3.8, 4) is 5.75 Å². The Kier molecular flexibility index (Phi) is 6.01. The van der Waals surface area contributed by atoms with E-state index >= 15 is 0 Å². The van der Waals surface area contributed by atoms with Crippen molar-refractivity contribution in [2.45, 2.75) is 45.9 Å². The molecule has 3 heteroatoms. The summed E-state index contributed by atoms with van der Waals surface area (Å²) in [5.41, 5.74) is 1.20. The summed E-state index contributed by atoms with van der Waals surface area (Å²) in [6, 6.07) is 8.25. The Balaban J connectivity index is 2.45. The molecule has 0 fully saturated rings. The van der Waals surface area contributed by atoms with Crippen LogP contribution in [0.25, 0.3) is 0 Å². The van der Waals surface area contributed by atoms with E-state index in [0.29, 0.717) is 0 Å². The number of aliphatic hydroxyl groups is 1. The molecule has 3 nitrogen and oxygen atoms in total. The normalized spacial score (nSPS) is 12.8. The first-order valence-corrected chi connectivity index (χ1v) is 6.25. The number of rotatable bonds is 7. The number of ether oxygens (including phenoxy) is 1. The van der Waals surface area contributed by atoms with Crippen LogP contribution in [-0.2, 0) is 6.54 Å². The molecule has 1 rings (SSSR count). The van der Waals surface area contributed by atoms with Crippen LogP contribution in [0.1, 0.15) is 32.8 Å². The van der Waals surface area contributed by atoms with E-state index in [1.807, 2.05) is 26.0 Å². The highest BCUT2D eigenvalue weighted by molar-refractivity contribution is 5.27. The minimum Gasteiger partial charge on any atom is -0.491 e. The first kappa shape index (κ1) is 14.0. The van der Waals surface area contributed by atoms with Gasteiger partial charge in [-0.1, -0.05) is 19.1 Å². The molecule has 0 saturated heterocycles. The van der Waals surface area contributed by atoms with Gasteiger partial charge in [0, 0.05) is 12.6 Å². The summed E-state index contributed by atoms with van der Waals surface area (Å²) in [4.78, 5) is 0. The van der Waals surface area contributed by atoms with Crippen LogP contribution in [-0.4, -0.2) is 23.9 Å². The second-order valence-electron chi connectivity index (χ2n) is 4.48. The second-order valence-corrected chi connectivity index (χ2v) is 4.48. The standard InChI is InChI=1S/C14H23NO2/c1-4-13(10-16)15-9-12-5-7-14(8-6-12)17-11(2)3/h5-8,11,13,15-16H,4,9-10H2,1-3H3/t13-/m1/s1. The maximum absolute atomic E-state index is 9.06. The summed E-state index contributed by atoms with van der Waals surface area (Å²) in [6.45, 7) is 7.06. The molecular formula is C14H23NO2. The first-order chi connectivity index (χ1) is 8.15. The summed E-state index contributed by atoms with van der Waals surface area (Å²) in [5, 5.41) is 12.4. The summed E-state index contributed by atoms with van der Waals surface area (Å²) >= 11 is 0. The molecule has 1 aromatic carbocycles. The molecule has 0 aliphatic heterocycles. The Hall–Kier alpha value is -1.06. The molecule has 0 amide bonds. The lowest BCUT2D eigenvalue weighted by Gasteiger charge is -2.14. The Labute approximate surface area is 104 Å². The fraction of sp³-hybridized carbons (Fsp3) is 0.571. The zero-order chi connectivity index (χ0) is 12.7. The van der Waals surface area contributed by atoms with Crippen LogP contribution in [0.5, 0.6) is 5.75 Å². The van der Waals surface area contributed by atoms with Crippen molar-refractivity contribution in [3.05, 3.63) is 29.8 Å². The second kappa shape index (κ2) is 7.30. The van der Waals surface area contributed by atoms with E-state index < -0.39 is 0 Å².